The Labute approximate surface area is 242 Å². The molecule has 0 radical (unpaired) electrons. The average Bonchev–Trinajstić information content (AvgIpc) is 3.51. The van der Waals surface area contributed by atoms with Crippen LogP contribution in [0, 0.1) is 12.7 Å². The van der Waals surface area contributed by atoms with E-state index in [4.69, 9.17) is 9.84 Å². The molecule has 0 aliphatic heterocycles. The SMILES string of the molecule is CC(C)O.COc1ccc(F)cc1CCn1c(=O)n(C(C)(C)C(=O)NC(C)C)c(=O)c2c(C)c(-n3nccn3)sc21.[HH]. The zero-order valence-electron chi connectivity index (χ0n) is 24.6. The molecule has 4 aromatic rings. The summed E-state index contributed by atoms with van der Waals surface area (Å²) in [4.78, 5) is 42.6. The van der Waals surface area contributed by atoms with Crippen molar-refractivity contribution < 1.29 is 20.5 Å². The number of amides is 1. The largest absolute Gasteiger partial charge is 0.496 e. The van der Waals surface area contributed by atoms with Gasteiger partial charge in [-0.2, -0.15) is 10.2 Å². The fraction of sp³-hybridized carbons (Fsp3) is 0.464. The number of halogens is 1. The molecule has 0 fully saturated rings. The second-order valence-corrected chi connectivity index (χ2v) is 11.6. The van der Waals surface area contributed by atoms with Crippen LogP contribution in [0.1, 0.15) is 54.1 Å². The topological polar surface area (TPSA) is 133 Å². The number of aromatic nitrogens is 5. The zero-order valence-corrected chi connectivity index (χ0v) is 25.4. The Morgan fingerprint density at radius 3 is 2.37 bits per heavy atom. The summed E-state index contributed by atoms with van der Waals surface area (Å²) >= 11 is 1.20. The monoisotopic (exact) mass is 590 g/mol. The molecular weight excluding hydrogens is 551 g/mol. The molecule has 2 N–H and O–H groups in total. The first kappa shape index (κ1) is 31.7. The Bertz CT molecular complexity index is 1640. The standard InChI is InChI=1S/C25H29FN6O4S.C3H8O.H2/c1-14(2)29-23(34)25(4,5)31-20(33)19-15(3)21(32-27-10-11-28-32)37-22(19)30(24(31)35)12-9-16-13-17(26)7-8-18(16)36-6;1-3(2)4;/h7-8,10-11,13-14H,9,12H2,1-6H3,(H,29,34);3-4H,1-2H3;1H. The van der Waals surface area contributed by atoms with Gasteiger partial charge >= 0.3 is 5.69 Å². The summed E-state index contributed by atoms with van der Waals surface area (Å²) in [6.45, 7) is 12.0. The molecule has 0 atom stereocenters. The van der Waals surface area contributed by atoms with Crippen molar-refractivity contribution in [3.8, 4) is 10.8 Å². The third kappa shape index (κ3) is 6.73. The van der Waals surface area contributed by atoms with Gasteiger partial charge in [-0.25, -0.2) is 13.8 Å². The molecule has 1 aromatic carbocycles. The number of nitrogens with zero attached hydrogens (tertiary/aromatic N) is 5. The van der Waals surface area contributed by atoms with Gasteiger partial charge in [0.25, 0.3) is 5.56 Å². The lowest BCUT2D eigenvalue weighted by molar-refractivity contribution is -0.129. The molecule has 4 rings (SSSR count). The van der Waals surface area contributed by atoms with Gasteiger partial charge in [0.15, 0.2) is 0 Å². The number of methoxy groups -OCH3 is 1. The molecule has 1 amide bonds. The molecule has 3 heterocycles. The molecule has 0 spiro atoms. The highest BCUT2D eigenvalue weighted by Crippen LogP contribution is 2.31. The van der Waals surface area contributed by atoms with Gasteiger partial charge in [-0.3, -0.25) is 14.2 Å². The quantitative estimate of drug-likeness (QED) is 0.321. The van der Waals surface area contributed by atoms with Crippen molar-refractivity contribution in [1.82, 2.24) is 29.4 Å². The average molecular weight is 591 g/mol. The van der Waals surface area contributed by atoms with Crippen LogP contribution in [0.4, 0.5) is 4.39 Å². The van der Waals surface area contributed by atoms with Crippen LogP contribution in [0.15, 0.2) is 40.2 Å². The number of carbonyl (C=O) groups excluding carboxylic acids is 1. The number of hydrogen-bond donors (Lipinski definition) is 2. The second kappa shape index (κ2) is 12.8. The molecule has 0 saturated heterocycles. The first-order valence-corrected chi connectivity index (χ1v) is 14.0. The number of aliphatic hydroxyl groups excluding tert-OH is 1. The predicted octanol–water partition coefficient (Wildman–Crippen LogP) is 3.40. The van der Waals surface area contributed by atoms with Crippen LogP contribution in [0.5, 0.6) is 5.75 Å². The second-order valence-electron chi connectivity index (χ2n) is 10.6. The van der Waals surface area contributed by atoms with E-state index in [1.165, 1.54) is 72.3 Å². The van der Waals surface area contributed by atoms with Crippen molar-refractivity contribution in [2.45, 2.75) is 79.1 Å². The molecule has 41 heavy (non-hydrogen) atoms. The van der Waals surface area contributed by atoms with E-state index in [-0.39, 0.29) is 26.5 Å². The smallest absolute Gasteiger partial charge is 0.333 e. The number of benzene rings is 1. The highest BCUT2D eigenvalue weighted by atomic mass is 32.1. The summed E-state index contributed by atoms with van der Waals surface area (Å²) in [5, 5.41) is 20.1. The summed E-state index contributed by atoms with van der Waals surface area (Å²) in [5.41, 5.74) is -1.54. The summed E-state index contributed by atoms with van der Waals surface area (Å²) in [6, 6.07) is 4.00. The minimum Gasteiger partial charge on any atom is -0.496 e. The summed E-state index contributed by atoms with van der Waals surface area (Å²) in [7, 11) is 1.49. The highest BCUT2D eigenvalue weighted by Gasteiger charge is 2.35. The number of aliphatic hydroxyl groups is 1. The van der Waals surface area contributed by atoms with Crippen molar-refractivity contribution in [2.24, 2.45) is 0 Å². The molecule has 0 aliphatic carbocycles. The molecule has 0 aliphatic rings. The van der Waals surface area contributed by atoms with Gasteiger partial charge in [0.05, 0.1) is 24.9 Å². The maximum atomic E-state index is 14.0. The van der Waals surface area contributed by atoms with Crippen molar-refractivity contribution in [3.05, 3.63) is 68.4 Å². The van der Waals surface area contributed by atoms with Gasteiger partial charge in [-0.15, -0.1) is 4.80 Å². The van der Waals surface area contributed by atoms with Crippen LogP contribution < -0.4 is 21.3 Å². The maximum Gasteiger partial charge on any atom is 0.333 e. The van der Waals surface area contributed by atoms with Crippen molar-refractivity contribution >= 4 is 27.5 Å². The Morgan fingerprint density at radius 2 is 1.80 bits per heavy atom. The molecule has 0 saturated carbocycles. The number of nitrogens with one attached hydrogen (secondary N) is 1. The van der Waals surface area contributed by atoms with Gasteiger partial charge in [0.1, 0.15) is 26.9 Å². The van der Waals surface area contributed by atoms with Crippen LogP contribution in [0.25, 0.3) is 15.2 Å². The van der Waals surface area contributed by atoms with E-state index in [0.29, 0.717) is 32.1 Å². The van der Waals surface area contributed by atoms with Crippen molar-refractivity contribution in [1.29, 1.82) is 0 Å². The van der Waals surface area contributed by atoms with Crippen LogP contribution >= 0.6 is 11.3 Å². The number of hydrogen-bond acceptors (Lipinski definition) is 8. The third-order valence-electron chi connectivity index (χ3n) is 6.17. The number of aryl methyl sites for hydroxylation is 3. The summed E-state index contributed by atoms with van der Waals surface area (Å²) in [5.74, 6) is -0.399. The Balaban J connectivity index is 0.00000116. The van der Waals surface area contributed by atoms with E-state index >= 15 is 0 Å². The first-order valence-electron chi connectivity index (χ1n) is 13.2. The lowest BCUT2D eigenvalue weighted by Crippen LogP contribution is -2.56. The van der Waals surface area contributed by atoms with Gasteiger partial charge in [0.2, 0.25) is 5.91 Å². The molecule has 224 valence electrons. The normalized spacial score (nSPS) is 11.6. The van der Waals surface area contributed by atoms with Crippen LogP contribution in [-0.4, -0.2) is 54.4 Å². The van der Waals surface area contributed by atoms with Crippen molar-refractivity contribution in [2.75, 3.05) is 7.11 Å². The van der Waals surface area contributed by atoms with Gasteiger partial charge in [-0.1, -0.05) is 11.3 Å². The van der Waals surface area contributed by atoms with Gasteiger partial charge < -0.3 is 15.2 Å². The molecule has 0 bridgehead atoms. The minimum absolute atomic E-state index is 0. The van der Waals surface area contributed by atoms with E-state index in [1.54, 1.807) is 34.6 Å². The van der Waals surface area contributed by atoms with E-state index in [2.05, 4.69) is 15.5 Å². The predicted molar refractivity (Wildman–Crippen MR) is 159 cm³/mol. The maximum absolute atomic E-state index is 14.0. The number of fused-ring (bicyclic) bond motifs is 1. The molecule has 13 heteroatoms. The number of ether oxygens (including phenoxy) is 1. The lowest BCUT2D eigenvalue weighted by atomic mass is 10.0. The molecule has 0 unspecified atom stereocenters. The third-order valence-corrected chi connectivity index (χ3v) is 7.45. The van der Waals surface area contributed by atoms with Crippen LogP contribution in [-0.2, 0) is 23.3 Å². The Kier molecular flexibility index (Phi) is 9.87. The molecular formula is C28H39FN6O5S. The first-order chi connectivity index (χ1) is 19.2. The number of thiophene rings is 1. The van der Waals surface area contributed by atoms with Crippen LogP contribution in [0.3, 0.4) is 0 Å². The Hall–Kier alpha value is -3.84. The van der Waals surface area contributed by atoms with Crippen LogP contribution in [0.2, 0.25) is 0 Å². The summed E-state index contributed by atoms with van der Waals surface area (Å²) in [6.07, 6.45) is 3.12. The highest BCUT2D eigenvalue weighted by molar-refractivity contribution is 7.21. The number of rotatable bonds is 8. The van der Waals surface area contributed by atoms with Gasteiger partial charge in [-0.05, 0) is 78.6 Å². The Morgan fingerprint density at radius 1 is 1.20 bits per heavy atom. The van der Waals surface area contributed by atoms with E-state index in [1.807, 2.05) is 0 Å². The number of carbonyl (C=O) groups is 1. The lowest BCUT2D eigenvalue weighted by Gasteiger charge is -2.27. The van der Waals surface area contributed by atoms with E-state index < -0.39 is 28.5 Å². The van der Waals surface area contributed by atoms with Crippen molar-refractivity contribution in [3.63, 3.8) is 0 Å². The van der Waals surface area contributed by atoms with Gasteiger partial charge in [0, 0.05) is 25.7 Å². The minimum atomic E-state index is -1.48. The molecule has 11 nitrogen and oxygen atoms in total. The fourth-order valence-corrected chi connectivity index (χ4v) is 5.49. The van der Waals surface area contributed by atoms with E-state index in [0.717, 1.165) is 4.57 Å². The molecule has 3 aromatic heterocycles. The van der Waals surface area contributed by atoms with E-state index in [9.17, 15) is 18.8 Å². The summed E-state index contributed by atoms with van der Waals surface area (Å²) < 4.78 is 21.8. The zero-order chi connectivity index (χ0) is 30.6. The fourth-order valence-electron chi connectivity index (χ4n) is 4.25.